The second-order valence-electron chi connectivity index (χ2n) is 9.31. The molecule has 0 saturated heterocycles. The van der Waals surface area contributed by atoms with Crippen LogP contribution in [0.25, 0.3) is 22.0 Å². The minimum Gasteiger partial charge on any atom is -0.496 e. The molecular weight excluding hydrogens is 406 g/mol. The average molecular weight is 440 g/mol. The molecule has 0 atom stereocenters. The van der Waals surface area contributed by atoms with Crippen LogP contribution in [0.3, 0.4) is 0 Å². The summed E-state index contributed by atoms with van der Waals surface area (Å²) in [4.78, 5) is 17.9. The van der Waals surface area contributed by atoms with Crippen molar-refractivity contribution in [3.8, 4) is 16.9 Å². The maximum Gasteiger partial charge on any atom is 0.263 e. The summed E-state index contributed by atoms with van der Waals surface area (Å²) in [5.41, 5.74) is 12.3. The van der Waals surface area contributed by atoms with Crippen LogP contribution >= 0.6 is 0 Å². The quantitative estimate of drug-likeness (QED) is 0.322. The summed E-state index contributed by atoms with van der Waals surface area (Å²) in [6.45, 7) is 13.8. The maximum absolute atomic E-state index is 13.2. The van der Waals surface area contributed by atoms with Gasteiger partial charge in [0.1, 0.15) is 18.8 Å². The number of benzene rings is 2. The normalized spacial score (nSPS) is 11.8. The molecule has 0 aliphatic rings. The summed E-state index contributed by atoms with van der Waals surface area (Å²) < 4.78 is 12.8. The summed E-state index contributed by atoms with van der Waals surface area (Å²) in [7, 11) is 0.473. The Morgan fingerprint density at radius 3 is 2.45 bits per heavy atom. The molecular formula is C24H33N3O3Si. The van der Waals surface area contributed by atoms with Gasteiger partial charge in [0.25, 0.3) is 5.56 Å². The van der Waals surface area contributed by atoms with Crippen molar-refractivity contribution < 1.29 is 9.47 Å². The Balaban J connectivity index is 2.13. The van der Waals surface area contributed by atoms with Crippen LogP contribution in [0.4, 0.5) is 5.69 Å². The Hall–Kier alpha value is -2.64. The van der Waals surface area contributed by atoms with Gasteiger partial charge in [-0.3, -0.25) is 9.36 Å². The Morgan fingerprint density at radius 2 is 1.81 bits per heavy atom. The molecule has 0 unspecified atom stereocenters. The molecule has 7 heteroatoms. The molecule has 2 aromatic carbocycles. The zero-order valence-electron chi connectivity index (χ0n) is 19.6. The van der Waals surface area contributed by atoms with Gasteiger partial charge in [0.2, 0.25) is 0 Å². The fraction of sp³-hybridized carbons (Fsp3) is 0.417. The molecule has 3 rings (SSSR count). The van der Waals surface area contributed by atoms with Crippen molar-refractivity contribution in [2.24, 2.45) is 0 Å². The number of anilines is 1. The smallest absolute Gasteiger partial charge is 0.263 e. The van der Waals surface area contributed by atoms with E-state index in [-0.39, 0.29) is 12.3 Å². The molecule has 1 heterocycles. The molecule has 3 aromatic rings. The molecule has 1 aromatic heterocycles. The van der Waals surface area contributed by atoms with Crippen LogP contribution in [0.2, 0.25) is 25.7 Å². The van der Waals surface area contributed by atoms with Gasteiger partial charge in [-0.15, -0.1) is 0 Å². The predicted molar refractivity (Wildman–Crippen MR) is 131 cm³/mol. The van der Waals surface area contributed by atoms with Crippen molar-refractivity contribution in [1.29, 1.82) is 0 Å². The summed E-state index contributed by atoms with van der Waals surface area (Å²) in [6.07, 6.45) is 1.57. The number of aromatic nitrogens is 2. The van der Waals surface area contributed by atoms with E-state index in [0.717, 1.165) is 39.6 Å². The topological polar surface area (TPSA) is 79.4 Å². The molecule has 0 bridgehead atoms. The van der Waals surface area contributed by atoms with Crippen molar-refractivity contribution in [3.63, 3.8) is 0 Å². The van der Waals surface area contributed by atoms with E-state index in [2.05, 4.69) is 24.6 Å². The lowest BCUT2D eigenvalue weighted by Crippen LogP contribution is -2.25. The largest absolute Gasteiger partial charge is 0.496 e. The summed E-state index contributed by atoms with van der Waals surface area (Å²) in [6, 6.07) is 6.75. The van der Waals surface area contributed by atoms with Crippen molar-refractivity contribution in [2.75, 3.05) is 19.5 Å². The Bertz CT molecular complexity index is 1180. The van der Waals surface area contributed by atoms with Crippen LogP contribution in [0, 0.1) is 20.8 Å². The maximum atomic E-state index is 13.2. The summed E-state index contributed by atoms with van der Waals surface area (Å²) >= 11 is 0. The number of nitrogen functional groups attached to an aromatic ring is 1. The van der Waals surface area contributed by atoms with E-state index >= 15 is 0 Å². The third kappa shape index (κ3) is 4.67. The van der Waals surface area contributed by atoms with E-state index in [1.54, 1.807) is 19.5 Å². The van der Waals surface area contributed by atoms with Crippen LogP contribution in [0.5, 0.6) is 5.75 Å². The Kier molecular flexibility index (Phi) is 6.57. The predicted octanol–water partition coefficient (Wildman–Crippen LogP) is 4.89. The molecule has 2 N–H and O–H groups in total. The third-order valence-corrected chi connectivity index (χ3v) is 7.44. The molecule has 0 aliphatic heterocycles. The lowest BCUT2D eigenvalue weighted by atomic mass is 9.89. The number of methoxy groups -OCH3 is 1. The zero-order chi connectivity index (χ0) is 22.9. The van der Waals surface area contributed by atoms with E-state index in [9.17, 15) is 4.79 Å². The van der Waals surface area contributed by atoms with Crippen molar-refractivity contribution in [1.82, 2.24) is 9.55 Å². The second-order valence-corrected chi connectivity index (χ2v) is 14.9. The van der Waals surface area contributed by atoms with Gasteiger partial charge in [0, 0.05) is 25.9 Å². The van der Waals surface area contributed by atoms with Gasteiger partial charge < -0.3 is 15.2 Å². The van der Waals surface area contributed by atoms with Gasteiger partial charge in [0.05, 0.1) is 18.0 Å². The van der Waals surface area contributed by atoms with Crippen LogP contribution in [0.1, 0.15) is 16.7 Å². The van der Waals surface area contributed by atoms with E-state index in [0.29, 0.717) is 23.2 Å². The lowest BCUT2D eigenvalue weighted by molar-refractivity contribution is 0.0844. The third-order valence-electron chi connectivity index (χ3n) is 5.74. The lowest BCUT2D eigenvalue weighted by Gasteiger charge is -2.19. The molecule has 0 spiro atoms. The number of hydrogen-bond donors (Lipinski definition) is 1. The van der Waals surface area contributed by atoms with Crippen molar-refractivity contribution >= 4 is 24.7 Å². The molecule has 0 saturated carbocycles. The number of nitrogens with zero attached hydrogens (tertiary/aromatic N) is 2. The highest BCUT2D eigenvalue weighted by Gasteiger charge is 2.20. The van der Waals surface area contributed by atoms with E-state index in [1.165, 1.54) is 4.57 Å². The number of ether oxygens (including phenoxy) is 2. The van der Waals surface area contributed by atoms with Crippen molar-refractivity contribution in [3.05, 3.63) is 51.6 Å². The van der Waals surface area contributed by atoms with Crippen LogP contribution in [-0.4, -0.2) is 31.3 Å². The highest BCUT2D eigenvalue weighted by molar-refractivity contribution is 6.76. The van der Waals surface area contributed by atoms with Crippen LogP contribution < -0.4 is 16.0 Å². The number of rotatable bonds is 7. The fourth-order valence-electron chi connectivity index (χ4n) is 3.79. The first-order valence-electron chi connectivity index (χ1n) is 10.6. The molecule has 0 amide bonds. The minimum atomic E-state index is -1.18. The number of hydrogen-bond acceptors (Lipinski definition) is 5. The number of fused-ring (bicyclic) bond motifs is 1. The van der Waals surface area contributed by atoms with Gasteiger partial charge in [-0.05, 0) is 61.2 Å². The summed E-state index contributed by atoms with van der Waals surface area (Å²) in [5, 5.41) is 0.496. The SMILES string of the molecule is COc1ccc(C)c(-c2c(C)c(N)cc3c(=O)n(COCC[Si](C)(C)C)cnc23)c1C. The first-order chi connectivity index (χ1) is 14.5. The van der Waals surface area contributed by atoms with Gasteiger partial charge in [-0.25, -0.2) is 4.98 Å². The van der Waals surface area contributed by atoms with Crippen LogP contribution in [0.15, 0.2) is 29.3 Å². The monoisotopic (exact) mass is 439 g/mol. The van der Waals surface area contributed by atoms with E-state index in [4.69, 9.17) is 15.2 Å². The zero-order valence-corrected chi connectivity index (χ0v) is 20.6. The van der Waals surface area contributed by atoms with Gasteiger partial charge >= 0.3 is 0 Å². The summed E-state index contributed by atoms with van der Waals surface area (Å²) in [5.74, 6) is 0.791. The number of aryl methyl sites for hydroxylation is 1. The first kappa shape index (κ1) is 23.0. The van der Waals surface area contributed by atoms with E-state index < -0.39 is 8.07 Å². The Morgan fingerprint density at radius 1 is 1.10 bits per heavy atom. The molecule has 0 aliphatic carbocycles. The van der Waals surface area contributed by atoms with Gasteiger partial charge in [-0.1, -0.05) is 25.7 Å². The Labute approximate surface area is 185 Å². The molecule has 31 heavy (non-hydrogen) atoms. The van der Waals surface area contributed by atoms with Gasteiger partial charge in [-0.2, -0.15) is 0 Å². The van der Waals surface area contributed by atoms with Crippen LogP contribution in [-0.2, 0) is 11.5 Å². The van der Waals surface area contributed by atoms with Gasteiger partial charge in [0.15, 0.2) is 0 Å². The number of nitrogens with two attached hydrogens (primary N) is 1. The molecule has 6 nitrogen and oxygen atoms in total. The highest BCUT2D eigenvalue weighted by Crippen LogP contribution is 2.39. The average Bonchev–Trinajstić information content (AvgIpc) is 2.69. The molecule has 0 fully saturated rings. The molecule has 0 radical (unpaired) electrons. The second kappa shape index (κ2) is 8.84. The highest BCUT2D eigenvalue weighted by atomic mass is 28.3. The minimum absolute atomic E-state index is 0.149. The fourth-order valence-corrected chi connectivity index (χ4v) is 4.55. The van der Waals surface area contributed by atoms with E-state index in [1.807, 2.05) is 32.9 Å². The standard InChI is InChI=1S/C24H33N3O3Si/c1-15-8-9-20(29-4)17(3)21(15)22-16(2)19(25)12-18-23(22)26-13-27(24(18)28)14-30-10-11-31(5,6)7/h8-9,12-13H,10-11,14,25H2,1-7H3. The van der Waals surface area contributed by atoms with Crippen molar-refractivity contribution in [2.45, 2.75) is 53.2 Å². The first-order valence-corrected chi connectivity index (χ1v) is 14.3. The molecule has 166 valence electrons.